The van der Waals surface area contributed by atoms with Crippen molar-refractivity contribution in [2.75, 3.05) is 32.1 Å². The van der Waals surface area contributed by atoms with Crippen molar-refractivity contribution >= 4 is 28.3 Å². The first kappa shape index (κ1) is 16.6. The fourth-order valence-electron chi connectivity index (χ4n) is 3.84. The van der Waals surface area contributed by atoms with Gasteiger partial charge in [-0.05, 0) is 35.4 Å². The van der Waals surface area contributed by atoms with Gasteiger partial charge < -0.3 is 20.1 Å². The predicted octanol–water partition coefficient (Wildman–Crippen LogP) is 1.61. The summed E-state index contributed by atoms with van der Waals surface area (Å²) < 4.78 is 4.83. The Kier molecular flexibility index (Phi) is 4.12. The summed E-state index contributed by atoms with van der Waals surface area (Å²) in [4.78, 5) is 26.3. The minimum Gasteiger partial charge on any atom is -0.466 e. The zero-order chi connectivity index (χ0) is 18.3. The number of nitrogens with one attached hydrogen (secondary N) is 1. The van der Waals surface area contributed by atoms with E-state index in [0.29, 0.717) is 0 Å². The summed E-state index contributed by atoms with van der Waals surface area (Å²) in [5.74, 6) is -0.838. The number of methoxy groups -OCH3 is 1. The Morgan fingerprint density at radius 2 is 2.00 bits per heavy atom. The Labute approximate surface area is 151 Å². The molecule has 2 aromatic carbocycles. The number of carbonyl (C=O) groups is 2. The van der Waals surface area contributed by atoms with Crippen molar-refractivity contribution in [1.29, 1.82) is 0 Å². The van der Waals surface area contributed by atoms with Crippen LogP contribution in [-0.2, 0) is 27.2 Å². The fourth-order valence-corrected chi connectivity index (χ4v) is 3.84. The average Bonchev–Trinajstić information content (AvgIpc) is 3.21. The van der Waals surface area contributed by atoms with Gasteiger partial charge in [0.1, 0.15) is 5.70 Å². The van der Waals surface area contributed by atoms with Crippen molar-refractivity contribution < 1.29 is 19.4 Å². The van der Waals surface area contributed by atoms with Gasteiger partial charge in [-0.2, -0.15) is 0 Å². The second kappa shape index (κ2) is 6.46. The van der Waals surface area contributed by atoms with Crippen molar-refractivity contribution in [3.8, 4) is 0 Å². The van der Waals surface area contributed by atoms with Crippen LogP contribution in [0.15, 0.2) is 41.6 Å². The van der Waals surface area contributed by atoms with Crippen LogP contribution >= 0.6 is 0 Å². The maximum atomic E-state index is 12.7. The van der Waals surface area contributed by atoms with E-state index in [1.165, 1.54) is 28.5 Å². The molecule has 0 bridgehead atoms. The summed E-state index contributed by atoms with van der Waals surface area (Å²) >= 11 is 0. The zero-order valence-corrected chi connectivity index (χ0v) is 14.5. The lowest BCUT2D eigenvalue weighted by atomic mass is 10.0. The van der Waals surface area contributed by atoms with Crippen molar-refractivity contribution in [3.63, 3.8) is 0 Å². The first-order valence-corrected chi connectivity index (χ1v) is 8.66. The van der Waals surface area contributed by atoms with Crippen LogP contribution in [0.4, 0.5) is 5.69 Å². The molecule has 2 N–H and O–H groups in total. The number of hydrogen-bond donors (Lipinski definition) is 2. The van der Waals surface area contributed by atoms with Gasteiger partial charge in [0, 0.05) is 17.6 Å². The number of carbonyl (C=O) groups excluding carboxylic acids is 2. The maximum Gasteiger partial charge on any atom is 0.337 e. The lowest BCUT2D eigenvalue weighted by molar-refractivity contribution is -0.136. The highest BCUT2D eigenvalue weighted by Gasteiger charge is 2.34. The highest BCUT2D eigenvalue weighted by atomic mass is 16.5. The third-order valence-electron chi connectivity index (χ3n) is 5.09. The molecule has 0 saturated heterocycles. The normalized spacial score (nSPS) is 15.9. The van der Waals surface area contributed by atoms with Gasteiger partial charge in [-0.25, -0.2) is 4.79 Å². The molecule has 1 heterocycles. The highest BCUT2D eigenvalue weighted by molar-refractivity contribution is 6.10. The number of amides is 1. The molecule has 0 atom stereocenters. The van der Waals surface area contributed by atoms with E-state index in [-0.39, 0.29) is 36.9 Å². The van der Waals surface area contributed by atoms with Gasteiger partial charge in [-0.1, -0.05) is 24.3 Å². The zero-order valence-electron chi connectivity index (χ0n) is 14.5. The minimum absolute atomic E-state index is 0.135. The largest absolute Gasteiger partial charge is 0.466 e. The SMILES string of the molecule is COC(=O)C1=C(Nc2ccc3c4c(cccc24)CC3)C(=O)N(CCO)C1. The van der Waals surface area contributed by atoms with E-state index in [9.17, 15) is 9.59 Å². The predicted molar refractivity (Wildman–Crippen MR) is 97.7 cm³/mol. The molecule has 1 aliphatic carbocycles. The van der Waals surface area contributed by atoms with Crippen LogP contribution in [0.1, 0.15) is 11.1 Å². The Bertz CT molecular complexity index is 938. The number of benzene rings is 2. The minimum atomic E-state index is -0.535. The van der Waals surface area contributed by atoms with Crippen molar-refractivity contribution in [2.24, 2.45) is 0 Å². The molecule has 4 rings (SSSR count). The number of anilines is 1. The van der Waals surface area contributed by atoms with Gasteiger partial charge in [0.15, 0.2) is 0 Å². The van der Waals surface area contributed by atoms with Crippen molar-refractivity contribution in [3.05, 3.63) is 52.7 Å². The number of aryl methyl sites for hydroxylation is 2. The van der Waals surface area contributed by atoms with Crippen LogP contribution in [-0.4, -0.2) is 48.7 Å². The van der Waals surface area contributed by atoms with Crippen LogP contribution in [0.25, 0.3) is 10.8 Å². The summed E-state index contributed by atoms with van der Waals surface area (Å²) in [6.45, 7) is 0.151. The third-order valence-corrected chi connectivity index (χ3v) is 5.09. The molecule has 134 valence electrons. The van der Waals surface area contributed by atoms with Crippen LogP contribution in [0.2, 0.25) is 0 Å². The Hall–Kier alpha value is -2.86. The Morgan fingerprint density at radius 3 is 2.73 bits per heavy atom. The van der Waals surface area contributed by atoms with Gasteiger partial charge >= 0.3 is 5.97 Å². The number of ether oxygens (including phenoxy) is 1. The first-order chi connectivity index (χ1) is 12.6. The lowest BCUT2D eigenvalue weighted by Gasteiger charge is -2.16. The smallest absolute Gasteiger partial charge is 0.337 e. The van der Waals surface area contributed by atoms with Gasteiger partial charge in [-0.15, -0.1) is 0 Å². The lowest BCUT2D eigenvalue weighted by Crippen LogP contribution is -2.31. The van der Waals surface area contributed by atoms with Gasteiger partial charge in [0.2, 0.25) is 0 Å². The summed E-state index contributed by atoms with van der Waals surface area (Å²) in [6.07, 6.45) is 2.05. The number of rotatable bonds is 5. The molecule has 2 aliphatic rings. The third kappa shape index (κ3) is 2.54. The van der Waals surface area contributed by atoms with E-state index in [0.717, 1.165) is 23.9 Å². The maximum absolute atomic E-state index is 12.7. The fraction of sp³-hybridized carbons (Fsp3) is 0.300. The number of β-amino-alcohol motifs (C(OH)–C–C–N with tert-alkyl or cyclic N) is 1. The number of nitrogens with zero attached hydrogens (tertiary/aromatic N) is 1. The highest BCUT2D eigenvalue weighted by Crippen LogP contribution is 2.36. The van der Waals surface area contributed by atoms with E-state index >= 15 is 0 Å². The number of hydrogen-bond acceptors (Lipinski definition) is 5. The summed E-state index contributed by atoms with van der Waals surface area (Å²) in [6, 6.07) is 10.2. The van der Waals surface area contributed by atoms with Crippen molar-refractivity contribution in [1.82, 2.24) is 4.90 Å². The van der Waals surface area contributed by atoms with Crippen LogP contribution in [0, 0.1) is 0 Å². The average molecular weight is 352 g/mol. The second-order valence-electron chi connectivity index (χ2n) is 6.53. The molecule has 0 unspecified atom stereocenters. The molecule has 0 spiro atoms. The van der Waals surface area contributed by atoms with E-state index in [1.807, 2.05) is 18.2 Å². The van der Waals surface area contributed by atoms with Crippen LogP contribution in [0.5, 0.6) is 0 Å². The summed E-state index contributed by atoms with van der Waals surface area (Å²) in [7, 11) is 1.30. The summed E-state index contributed by atoms with van der Waals surface area (Å²) in [5, 5.41) is 14.6. The van der Waals surface area contributed by atoms with E-state index in [4.69, 9.17) is 9.84 Å². The monoisotopic (exact) mass is 352 g/mol. The van der Waals surface area contributed by atoms with E-state index in [1.54, 1.807) is 0 Å². The molecule has 0 radical (unpaired) electrons. The number of aliphatic hydroxyl groups excluding tert-OH is 1. The van der Waals surface area contributed by atoms with Crippen LogP contribution in [0.3, 0.4) is 0 Å². The van der Waals surface area contributed by atoms with Gasteiger partial charge in [-0.3, -0.25) is 4.79 Å². The first-order valence-electron chi connectivity index (χ1n) is 8.66. The second-order valence-corrected chi connectivity index (χ2v) is 6.53. The molecular weight excluding hydrogens is 332 g/mol. The Morgan fingerprint density at radius 1 is 1.23 bits per heavy atom. The molecule has 26 heavy (non-hydrogen) atoms. The Balaban J connectivity index is 1.77. The van der Waals surface area contributed by atoms with Crippen LogP contribution < -0.4 is 5.32 Å². The standard InChI is InChI=1S/C20H20N2O4/c1-26-20(25)15-11-22(9-10-23)19(24)18(15)21-16-8-7-13-6-5-12-3-2-4-14(16)17(12)13/h2-4,7-8,21,23H,5-6,9-11H2,1H3. The molecule has 2 aromatic rings. The molecule has 0 fully saturated rings. The van der Waals surface area contributed by atoms with E-state index in [2.05, 4.69) is 17.4 Å². The number of esters is 1. The summed E-state index contributed by atoms with van der Waals surface area (Å²) in [5.41, 5.74) is 3.92. The molecule has 6 nitrogen and oxygen atoms in total. The topological polar surface area (TPSA) is 78.9 Å². The molecule has 0 aromatic heterocycles. The molecular formula is C20H20N2O4. The quantitative estimate of drug-likeness (QED) is 0.800. The van der Waals surface area contributed by atoms with Gasteiger partial charge in [0.05, 0.1) is 25.8 Å². The van der Waals surface area contributed by atoms with E-state index < -0.39 is 5.97 Å². The van der Waals surface area contributed by atoms with Gasteiger partial charge in [0.25, 0.3) is 5.91 Å². The molecule has 1 amide bonds. The number of aliphatic hydroxyl groups is 1. The molecule has 1 aliphatic heterocycles. The molecule has 0 saturated carbocycles. The van der Waals surface area contributed by atoms with Crippen molar-refractivity contribution in [2.45, 2.75) is 12.8 Å². The molecule has 6 heteroatoms.